The van der Waals surface area contributed by atoms with Crippen molar-refractivity contribution in [3.8, 4) is 0 Å². The van der Waals surface area contributed by atoms with E-state index in [0.717, 1.165) is 0 Å². The average Bonchev–Trinajstić information content (AvgIpc) is 0. The first kappa shape index (κ1) is 68.4. The minimum atomic E-state index is 0. The van der Waals surface area contributed by atoms with Gasteiger partial charge in [0.1, 0.15) is 0 Å². The van der Waals surface area contributed by atoms with Crippen molar-refractivity contribution < 1.29 is 51.5 Å². The fourth-order valence-corrected chi connectivity index (χ4v) is 0. The molecule has 0 spiro atoms. The summed E-state index contributed by atoms with van der Waals surface area (Å²) in [6, 6.07) is 0. The molecule has 0 saturated heterocycles. The van der Waals surface area contributed by atoms with E-state index in [-0.39, 0.29) is 70.9 Å². The molecular weight excluding hydrogens is 202 g/mol. The van der Waals surface area contributed by atoms with Crippen LogP contribution in [0.2, 0.25) is 0 Å². The molecule has 0 rings (SSSR count). The van der Waals surface area contributed by atoms with E-state index in [0.29, 0.717) is 0 Å². The third kappa shape index (κ3) is 25.3. The molecule has 8 radical (unpaired) electrons. The summed E-state index contributed by atoms with van der Waals surface area (Å²) < 4.78 is 0. The maximum atomic E-state index is 0. The molecule has 0 bridgehead atoms. The van der Waals surface area contributed by atoms with Gasteiger partial charge in [-0.15, -0.1) is 0 Å². The predicted octanol–water partition coefficient (Wildman–Crippen LogP) is -0.769. The van der Waals surface area contributed by atoms with Crippen LogP contribution in [0.1, 0.15) is 0 Å². The summed E-state index contributed by atoms with van der Waals surface area (Å²) in [6.45, 7) is 0. The van der Waals surface area contributed by atoms with Crippen LogP contribution in [0, 0.1) is 0 Å². The summed E-state index contributed by atoms with van der Waals surface area (Å²) in [5.74, 6) is 0. The summed E-state index contributed by atoms with van der Waals surface area (Å²) >= 11 is 0. The first-order valence-corrected chi connectivity index (χ1v) is 0. The number of hydrogen-bond donors (Lipinski definition) is 0. The molecule has 0 aliphatic carbocycles. The molecule has 0 aromatic heterocycles. The molecule has 0 aliphatic rings. The molecule has 0 fully saturated rings. The molecule has 0 unspecified atom stereocenters. The zero-order valence-corrected chi connectivity index (χ0v) is 6.78. The normalized spacial score (nSPS) is 0. The maximum absolute atomic E-state index is 0. The molecule has 0 aromatic rings. The van der Waals surface area contributed by atoms with Crippen LogP contribution < -0.4 is 0 Å². The maximum Gasteiger partial charge on any atom is 0 e. The summed E-state index contributed by atoms with van der Waals surface area (Å²) in [4.78, 5) is 0. The monoisotopic (exact) mass is 202 g/mol. The summed E-state index contributed by atoms with van der Waals surface area (Å²) in [5.41, 5.74) is 0. The zero-order valence-electron chi connectivity index (χ0n) is 2.22. The van der Waals surface area contributed by atoms with Crippen LogP contribution >= 0.6 is 0 Å². The number of hydrogen-bond acceptors (Lipinski definition) is 0. The Hall–Kier alpha value is 1.85. The summed E-state index contributed by atoms with van der Waals surface area (Å²) in [6.07, 6.45) is 0. The van der Waals surface area contributed by atoms with Gasteiger partial charge in [0, 0.05) is 70.9 Å². The van der Waals surface area contributed by atoms with Crippen molar-refractivity contribution in [1.82, 2.24) is 0 Å². The van der Waals surface area contributed by atoms with E-state index in [9.17, 15) is 0 Å². The smallest absolute Gasteiger partial charge is 0 e. The van der Waals surface area contributed by atoms with Gasteiger partial charge in [0.2, 0.25) is 0 Å². The van der Waals surface area contributed by atoms with E-state index in [1.807, 2.05) is 0 Å². The van der Waals surface area contributed by atoms with Gasteiger partial charge in [-0.3, -0.25) is 0 Å². The second kappa shape index (κ2) is 40.1. The van der Waals surface area contributed by atoms with Crippen LogP contribution in [0.25, 0.3) is 0 Å². The second-order valence-electron chi connectivity index (χ2n) is 0. The Bertz CT molecular complexity index is 11.6. The van der Waals surface area contributed by atoms with Gasteiger partial charge in [-0.05, 0) is 0 Å². The number of rotatable bonds is 0. The Morgan fingerprint density at radius 1 is 1.00 bits per heavy atom. The Labute approximate surface area is 70.5 Å². The standard InChI is InChI=1S/B.Cr.Fe.Mn.Si. The van der Waals surface area contributed by atoms with E-state index < -0.39 is 0 Å². The molecule has 0 amide bonds. The molecule has 0 saturated carbocycles. The van der Waals surface area contributed by atoms with E-state index in [2.05, 4.69) is 0 Å². The van der Waals surface area contributed by atoms with Gasteiger partial charge < -0.3 is 0 Å². The third-order valence-electron chi connectivity index (χ3n) is 0. The summed E-state index contributed by atoms with van der Waals surface area (Å²) in [7, 11) is 0. The minimum absolute atomic E-state index is 0. The minimum Gasteiger partial charge on any atom is 0 e. The third-order valence-corrected chi connectivity index (χ3v) is 0. The molecule has 0 aliphatic heterocycles. The topological polar surface area (TPSA) is 0 Å². The Morgan fingerprint density at radius 2 is 1.00 bits per heavy atom. The van der Waals surface area contributed by atoms with Crippen LogP contribution in [-0.4, -0.2) is 19.4 Å². The summed E-state index contributed by atoms with van der Waals surface area (Å²) in [5, 5.41) is 0. The van der Waals surface area contributed by atoms with E-state index in [1.54, 1.807) is 0 Å². The molecule has 0 aromatic carbocycles. The van der Waals surface area contributed by atoms with Gasteiger partial charge in [-0.1, -0.05) is 0 Å². The van der Waals surface area contributed by atoms with Gasteiger partial charge in [-0.25, -0.2) is 0 Å². The first-order chi connectivity index (χ1) is 0. The Morgan fingerprint density at radius 3 is 1.00 bits per heavy atom. The molecule has 28 valence electrons. The molecule has 0 atom stereocenters. The molecule has 5 heteroatoms. The predicted molar refractivity (Wildman–Crippen MR) is 11.5 cm³/mol. The van der Waals surface area contributed by atoms with Crippen LogP contribution in [0.4, 0.5) is 0 Å². The second-order valence-corrected chi connectivity index (χ2v) is 0. The molecular formula is BCrFeMnSi. The van der Waals surface area contributed by atoms with E-state index in [4.69, 9.17) is 0 Å². The van der Waals surface area contributed by atoms with Gasteiger partial charge in [0.25, 0.3) is 0 Å². The van der Waals surface area contributed by atoms with E-state index in [1.165, 1.54) is 0 Å². The van der Waals surface area contributed by atoms with Gasteiger partial charge >= 0.3 is 0 Å². The van der Waals surface area contributed by atoms with Crippen molar-refractivity contribution in [3.63, 3.8) is 0 Å². The average molecular weight is 202 g/mol. The Kier molecular flexibility index (Phi) is 549. The van der Waals surface area contributed by atoms with Crippen LogP contribution in [0.15, 0.2) is 0 Å². The first-order valence-electron chi connectivity index (χ1n) is 0. The van der Waals surface area contributed by atoms with Gasteiger partial charge in [-0.2, -0.15) is 0 Å². The van der Waals surface area contributed by atoms with Crippen LogP contribution in [0.5, 0.6) is 0 Å². The van der Waals surface area contributed by atoms with Crippen molar-refractivity contribution in [2.45, 2.75) is 0 Å². The molecule has 0 heterocycles. The zero-order chi connectivity index (χ0) is 0. The van der Waals surface area contributed by atoms with Crippen molar-refractivity contribution >= 4 is 19.4 Å². The van der Waals surface area contributed by atoms with Crippen LogP contribution in [-0.2, 0) is 51.5 Å². The van der Waals surface area contributed by atoms with Gasteiger partial charge in [0.05, 0.1) is 0 Å². The van der Waals surface area contributed by atoms with Gasteiger partial charge in [0.15, 0.2) is 0 Å². The quantitative estimate of drug-likeness (QED) is 0.452. The molecule has 0 nitrogen and oxygen atoms in total. The van der Waals surface area contributed by atoms with Crippen molar-refractivity contribution in [2.75, 3.05) is 0 Å². The van der Waals surface area contributed by atoms with Crippen molar-refractivity contribution in [1.29, 1.82) is 0 Å². The van der Waals surface area contributed by atoms with Crippen molar-refractivity contribution in [2.24, 2.45) is 0 Å². The largest absolute Gasteiger partial charge is 0 e. The van der Waals surface area contributed by atoms with E-state index >= 15 is 0 Å². The fourth-order valence-electron chi connectivity index (χ4n) is 0. The molecule has 5 heavy (non-hydrogen) atoms. The SMILES string of the molecule is [B].[Cr].[Fe].[Mn].[Si]. The van der Waals surface area contributed by atoms with Crippen LogP contribution in [0.3, 0.4) is 0 Å². The molecule has 0 N–H and O–H groups in total. The fraction of sp³-hybridized carbons (Fsp3) is 0. The Balaban J connectivity index is 0. The van der Waals surface area contributed by atoms with Crippen molar-refractivity contribution in [3.05, 3.63) is 0 Å².